The Balaban J connectivity index is 2.59. The van der Waals surface area contributed by atoms with Gasteiger partial charge in [-0.2, -0.15) is 0 Å². The smallest absolute Gasteiger partial charge is 0.222 e. The van der Waals surface area contributed by atoms with Crippen LogP contribution in [0, 0.1) is 0 Å². The topological polar surface area (TPSA) is 40.0 Å². The van der Waals surface area contributed by atoms with Crippen LogP contribution in [-0.4, -0.2) is 11.8 Å². The van der Waals surface area contributed by atoms with Crippen molar-refractivity contribution in [2.24, 2.45) is 0 Å². The molecule has 1 fully saturated rings. The summed E-state index contributed by atoms with van der Waals surface area (Å²) < 4.78 is 0.583. The summed E-state index contributed by atoms with van der Waals surface area (Å²) in [4.78, 5) is 20.0. The number of β-lactam (4-membered cyclic amide) rings is 2. The lowest BCUT2D eigenvalue weighted by atomic mass is 10.3. The van der Waals surface area contributed by atoms with Crippen LogP contribution in [0.2, 0.25) is 0 Å². The lowest BCUT2D eigenvalue weighted by Crippen LogP contribution is -2.46. The van der Waals surface area contributed by atoms with E-state index >= 15 is 0 Å². The van der Waals surface area contributed by atoms with Crippen molar-refractivity contribution >= 4 is 23.6 Å². The molecular weight excluding hydrogens is 117 g/mol. The van der Waals surface area contributed by atoms with Crippen molar-refractivity contribution in [2.45, 2.75) is 6.42 Å². The quantitative estimate of drug-likeness (QED) is 0.250. The highest BCUT2D eigenvalue weighted by atomic mass is 35.5. The highest BCUT2D eigenvalue weighted by Crippen LogP contribution is 2.08. The van der Waals surface area contributed by atoms with Crippen LogP contribution in [0.1, 0.15) is 6.42 Å². The van der Waals surface area contributed by atoms with Crippen LogP contribution in [-0.2, 0) is 9.59 Å². The second-order valence-electron chi connectivity index (χ2n) is 1.25. The molecule has 2 amide bonds. The summed E-state index contributed by atoms with van der Waals surface area (Å²) in [6.07, 6.45) is -0.0243. The molecule has 0 unspecified atom stereocenters. The van der Waals surface area contributed by atoms with Gasteiger partial charge in [-0.1, -0.05) is 0 Å². The number of halogens is 1. The van der Waals surface area contributed by atoms with Crippen molar-refractivity contribution in [1.29, 1.82) is 0 Å². The molecule has 0 aromatic carbocycles. The highest BCUT2D eigenvalue weighted by molar-refractivity contribution is 6.41. The Kier molecular flexibility index (Phi) is 0.867. The summed E-state index contributed by atoms with van der Waals surface area (Å²) in [5.74, 6) is -0.627. The van der Waals surface area contributed by atoms with Crippen LogP contribution < -0.4 is 4.42 Å². The minimum Gasteiger partial charge on any atom is -0.222 e. The van der Waals surface area contributed by atoms with E-state index in [0.717, 1.165) is 0 Å². The van der Waals surface area contributed by atoms with E-state index in [1.807, 2.05) is 0 Å². The molecule has 1 saturated heterocycles. The molecule has 0 aromatic heterocycles. The molecule has 0 aromatic rings. The minimum absolute atomic E-state index is 0.0243. The predicted molar refractivity (Wildman–Crippen MR) is 22.6 cm³/mol. The van der Waals surface area contributed by atoms with Crippen molar-refractivity contribution in [3.8, 4) is 0 Å². The molecule has 37 valence electrons. The van der Waals surface area contributed by atoms with E-state index in [-0.39, 0.29) is 18.2 Å². The summed E-state index contributed by atoms with van der Waals surface area (Å²) in [5, 5.41) is 0. The zero-order valence-corrected chi connectivity index (χ0v) is 4.10. The second kappa shape index (κ2) is 1.28. The molecule has 0 bridgehead atoms. The molecule has 3 nitrogen and oxygen atoms in total. The fraction of sp³-hybridized carbons (Fsp3) is 0.333. The maximum Gasteiger partial charge on any atom is 0.403 e. The molecular formula is C3H2ClNO2+. The first-order valence-corrected chi connectivity index (χ1v) is 2.07. The Hall–Kier alpha value is -0.410. The average Bonchev–Trinajstić information content (AvgIpc) is 1.68. The first-order valence-electron chi connectivity index (χ1n) is 1.73. The van der Waals surface area contributed by atoms with E-state index in [4.69, 9.17) is 11.8 Å². The number of carbonyl (C=O) groups excluding carboxylic acids is 2. The standard InChI is InChI=1S/C3H2ClNO2/c4-5-2(6)1-3(5)7/h1H2/q+1. The van der Waals surface area contributed by atoms with Gasteiger partial charge in [-0.25, -0.2) is 9.59 Å². The van der Waals surface area contributed by atoms with Crippen LogP contribution in [0.25, 0.3) is 0 Å². The third-order valence-corrected chi connectivity index (χ3v) is 1.12. The molecule has 0 aliphatic carbocycles. The molecule has 1 heterocycles. The number of imide groups is 1. The second-order valence-corrected chi connectivity index (χ2v) is 1.58. The van der Waals surface area contributed by atoms with Gasteiger partial charge in [0.15, 0.2) is 6.42 Å². The zero-order valence-electron chi connectivity index (χ0n) is 3.35. The summed E-state index contributed by atoms with van der Waals surface area (Å²) in [5.41, 5.74) is 0. The largest absolute Gasteiger partial charge is 0.403 e. The lowest BCUT2D eigenvalue weighted by molar-refractivity contribution is -0.144. The number of amides is 2. The number of carbonyl (C=O) groups is 2. The summed E-state index contributed by atoms with van der Waals surface area (Å²) >= 11 is 4.98. The van der Waals surface area contributed by atoms with Gasteiger partial charge in [0.25, 0.3) is 0 Å². The van der Waals surface area contributed by atoms with Gasteiger partial charge in [0.05, 0.1) is 4.42 Å². The van der Waals surface area contributed by atoms with E-state index in [0.29, 0.717) is 4.42 Å². The van der Waals surface area contributed by atoms with Crippen molar-refractivity contribution in [2.75, 3.05) is 0 Å². The summed E-state index contributed by atoms with van der Waals surface area (Å²) in [6, 6.07) is 0. The SMILES string of the molecule is O=C1CC(=O)[N+]1Cl. The van der Waals surface area contributed by atoms with Crippen LogP contribution in [0.5, 0.6) is 0 Å². The maximum absolute atomic E-state index is 10.0. The number of nitrogens with zero attached hydrogens (tertiary/aromatic N) is 1. The van der Waals surface area contributed by atoms with Gasteiger partial charge in [-0.05, 0) is 0 Å². The van der Waals surface area contributed by atoms with Gasteiger partial charge in [0.1, 0.15) is 0 Å². The van der Waals surface area contributed by atoms with Gasteiger partial charge in [0, 0.05) is 0 Å². The average molecular weight is 120 g/mol. The molecule has 1 aliphatic rings. The van der Waals surface area contributed by atoms with Gasteiger partial charge in [0.2, 0.25) is 11.8 Å². The monoisotopic (exact) mass is 119 g/mol. The first-order chi connectivity index (χ1) is 3.22. The van der Waals surface area contributed by atoms with E-state index in [1.54, 1.807) is 0 Å². The number of hydrogen-bond acceptors (Lipinski definition) is 2. The molecule has 0 spiro atoms. The summed E-state index contributed by atoms with van der Waals surface area (Å²) in [6.45, 7) is 0. The van der Waals surface area contributed by atoms with Crippen LogP contribution in [0.3, 0.4) is 0 Å². The third kappa shape index (κ3) is 0.536. The van der Waals surface area contributed by atoms with Gasteiger partial charge >= 0.3 is 11.8 Å². The Bertz CT molecular complexity index is 119. The van der Waals surface area contributed by atoms with Crippen molar-refractivity contribution in [1.82, 2.24) is 4.42 Å². The first kappa shape index (κ1) is 4.74. The van der Waals surface area contributed by atoms with Crippen molar-refractivity contribution in [3.05, 3.63) is 0 Å². The van der Waals surface area contributed by atoms with Gasteiger partial charge in [-0.3, -0.25) is 0 Å². The third-order valence-electron chi connectivity index (χ3n) is 0.740. The predicted octanol–water partition coefficient (Wildman–Crippen LogP) is -0.263. The maximum atomic E-state index is 10.0. The zero-order chi connectivity index (χ0) is 5.44. The minimum atomic E-state index is -0.313. The van der Waals surface area contributed by atoms with E-state index in [1.165, 1.54) is 0 Å². The Labute approximate surface area is 45.0 Å². The van der Waals surface area contributed by atoms with E-state index in [9.17, 15) is 9.59 Å². The van der Waals surface area contributed by atoms with Crippen molar-refractivity contribution < 1.29 is 9.59 Å². The molecule has 1 aliphatic heterocycles. The normalized spacial score (nSPS) is 22.4. The molecule has 1 radical (unpaired) electrons. The Morgan fingerprint density at radius 1 is 1.43 bits per heavy atom. The van der Waals surface area contributed by atoms with Gasteiger partial charge < -0.3 is 0 Å². The Morgan fingerprint density at radius 2 is 1.86 bits per heavy atom. The molecule has 7 heavy (non-hydrogen) atoms. The van der Waals surface area contributed by atoms with Crippen molar-refractivity contribution in [3.63, 3.8) is 0 Å². The van der Waals surface area contributed by atoms with E-state index in [2.05, 4.69) is 0 Å². The molecule has 0 N–H and O–H groups in total. The summed E-state index contributed by atoms with van der Waals surface area (Å²) in [7, 11) is 0. The molecule has 4 heteroatoms. The number of rotatable bonds is 0. The fourth-order valence-electron chi connectivity index (χ4n) is 0.316. The number of hydrogen-bond donors (Lipinski definition) is 0. The molecule has 0 saturated carbocycles. The lowest BCUT2D eigenvalue weighted by Gasteiger charge is -2.00. The Morgan fingerprint density at radius 3 is 1.86 bits per heavy atom. The van der Waals surface area contributed by atoms with Crippen LogP contribution in [0.15, 0.2) is 0 Å². The van der Waals surface area contributed by atoms with Crippen LogP contribution >= 0.6 is 11.8 Å². The highest BCUT2D eigenvalue weighted by Gasteiger charge is 2.49. The van der Waals surface area contributed by atoms with Gasteiger partial charge in [-0.15, -0.1) is 0 Å². The fourth-order valence-corrected chi connectivity index (χ4v) is 0.436. The molecule has 0 atom stereocenters. The molecule has 1 rings (SSSR count). The van der Waals surface area contributed by atoms with Crippen LogP contribution in [0.4, 0.5) is 0 Å². The van der Waals surface area contributed by atoms with E-state index < -0.39 is 0 Å².